The van der Waals surface area contributed by atoms with Crippen molar-refractivity contribution in [1.29, 1.82) is 0 Å². The molecule has 0 aliphatic heterocycles. The molecule has 0 fully saturated rings. The van der Waals surface area contributed by atoms with Gasteiger partial charge >= 0.3 is 16.6 Å². The van der Waals surface area contributed by atoms with E-state index in [9.17, 15) is 9.32 Å². The molecule has 1 atom stereocenters. The second-order valence-electron chi connectivity index (χ2n) is 2.87. The van der Waals surface area contributed by atoms with E-state index in [0.717, 1.165) is 0 Å². The Morgan fingerprint density at radius 2 is 2.42 bits per heavy atom. The van der Waals surface area contributed by atoms with Crippen molar-refractivity contribution in [3.63, 3.8) is 0 Å². The third kappa shape index (κ3) is 1.37. The first-order chi connectivity index (χ1) is 5.61. The molecule has 66 valence electrons. The molecule has 0 bridgehead atoms. The molecule has 1 heterocycles. The Kier molecular flexibility index (Phi) is 2.54. The van der Waals surface area contributed by atoms with Gasteiger partial charge in [-0.3, -0.25) is 0 Å². The molecule has 5 heteroatoms. The van der Waals surface area contributed by atoms with Crippen LogP contribution in [-0.2, 0) is 20.8 Å². The Labute approximate surface area is 74.5 Å². The van der Waals surface area contributed by atoms with Gasteiger partial charge in [-0.2, -0.15) is 0 Å². The minimum atomic E-state index is -1.44. The predicted molar refractivity (Wildman–Crippen MR) is 45.4 cm³/mol. The first-order valence-electron chi connectivity index (χ1n) is 3.64. The summed E-state index contributed by atoms with van der Waals surface area (Å²) in [5.41, 5.74) is 0. The van der Waals surface area contributed by atoms with Crippen LogP contribution in [0.1, 0.15) is 19.7 Å². The number of rotatable bonds is 3. The predicted octanol–water partition coefficient (Wildman–Crippen LogP) is 0.639. The number of aromatic amines is 1. The van der Waals surface area contributed by atoms with Crippen molar-refractivity contribution in [2.24, 2.45) is 5.92 Å². The fourth-order valence-corrected chi connectivity index (χ4v) is 1.25. The lowest BCUT2D eigenvalue weighted by Crippen LogP contribution is -2.32. The summed E-state index contributed by atoms with van der Waals surface area (Å²) < 4.78 is 10.7. The van der Waals surface area contributed by atoms with Crippen molar-refractivity contribution in [3.8, 4) is 0 Å². The molecule has 0 saturated heterocycles. The van der Waals surface area contributed by atoms with E-state index >= 15 is 0 Å². The number of nitrogens with zero attached hydrogens (tertiary/aromatic N) is 1. The van der Waals surface area contributed by atoms with Crippen LogP contribution in [0.4, 0.5) is 0 Å². The average molecular weight is 187 g/mol. The van der Waals surface area contributed by atoms with Crippen LogP contribution < -0.4 is 0 Å². The third-order valence-corrected chi connectivity index (χ3v) is 2.67. The van der Waals surface area contributed by atoms with Crippen LogP contribution in [0.15, 0.2) is 12.4 Å². The normalized spacial score (nSPS) is 16.0. The van der Waals surface area contributed by atoms with Crippen LogP contribution in [0, 0.1) is 5.92 Å². The molecule has 1 rings (SSSR count). The maximum atomic E-state index is 10.7. The number of nitrogens with one attached hydrogen (secondary N) is 1. The molecule has 0 aromatic carbocycles. The molecule has 2 N–H and O–H groups in total. The van der Waals surface area contributed by atoms with Crippen LogP contribution in [0.2, 0.25) is 0 Å². The first-order valence-corrected chi connectivity index (χ1v) is 4.38. The van der Waals surface area contributed by atoms with Crippen molar-refractivity contribution in [3.05, 3.63) is 18.2 Å². The maximum Gasteiger partial charge on any atom is 0.506 e. The lowest BCUT2D eigenvalue weighted by Gasteiger charge is -2.10. The molecule has 0 aliphatic carbocycles. The van der Waals surface area contributed by atoms with Gasteiger partial charge in [0.1, 0.15) is 0 Å². The Morgan fingerprint density at radius 1 is 1.75 bits per heavy atom. The van der Waals surface area contributed by atoms with E-state index in [1.54, 1.807) is 20.0 Å². The van der Waals surface area contributed by atoms with Gasteiger partial charge in [0.25, 0.3) is 0 Å². The molecule has 0 saturated carbocycles. The topological polar surface area (TPSA) is 66.0 Å². The molecule has 12 heavy (non-hydrogen) atoms. The summed E-state index contributed by atoms with van der Waals surface area (Å²) in [5, 5.41) is 9.81. The van der Waals surface area contributed by atoms with E-state index < -0.39 is 4.93 Å². The van der Waals surface area contributed by atoms with E-state index in [1.807, 2.05) is 0 Å². The average Bonchev–Trinajstić information content (AvgIpc) is 2.54. The van der Waals surface area contributed by atoms with Crippen LogP contribution in [0.5, 0.6) is 0 Å². The van der Waals surface area contributed by atoms with E-state index in [1.165, 1.54) is 6.20 Å². The molecular formula is C7H11N2O2S+. The van der Waals surface area contributed by atoms with E-state index in [-0.39, 0.29) is 17.6 Å². The van der Waals surface area contributed by atoms with Crippen LogP contribution >= 0.6 is 0 Å². The molecule has 1 unspecified atom stereocenters. The number of hydrogen-bond acceptors (Lipinski definition) is 3. The summed E-state index contributed by atoms with van der Waals surface area (Å²) in [6, 6.07) is 0. The molecule has 0 aliphatic rings. The Morgan fingerprint density at radius 3 is 2.75 bits per heavy atom. The number of aliphatic hydroxyl groups is 1. The van der Waals surface area contributed by atoms with E-state index in [4.69, 9.17) is 0 Å². The molecule has 0 spiro atoms. The minimum Gasteiger partial charge on any atom is -0.341 e. The summed E-state index contributed by atoms with van der Waals surface area (Å²) in [6.45, 7) is 3.54. The largest absolute Gasteiger partial charge is 0.506 e. The number of hydrogen-bond donors (Lipinski definition) is 2. The second-order valence-corrected chi connectivity index (χ2v) is 3.66. The van der Waals surface area contributed by atoms with Crippen molar-refractivity contribution < 1.29 is 9.32 Å². The minimum absolute atomic E-state index is 0.150. The fourth-order valence-electron chi connectivity index (χ4n) is 0.870. The summed E-state index contributed by atoms with van der Waals surface area (Å²) in [6.07, 6.45) is 3.10. The summed E-state index contributed by atoms with van der Waals surface area (Å²) in [5.74, 6) is 0.142. The van der Waals surface area contributed by atoms with Gasteiger partial charge in [0.15, 0.2) is 0 Å². The highest BCUT2D eigenvalue weighted by molar-refractivity contribution is 7.66. The Bertz CT molecular complexity index is 260. The Balaban J connectivity index is 3.04. The highest BCUT2D eigenvalue weighted by Gasteiger charge is 2.50. The highest BCUT2D eigenvalue weighted by atomic mass is 32.1. The zero-order valence-electron chi connectivity index (χ0n) is 6.94. The zero-order valence-corrected chi connectivity index (χ0v) is 7.76. The zero-order chi connectivity index (χ0) is 9.19. The summed E-state index contributed by atoms with van der Waals surface area (Å²) in [7, 11) is 0. The standard InChI is InChI=1S/C7H11N2O2S/c1-5(2)7(10,12-11)6-8-3-4-9-6/h3-5,10H,1-2H3,(H,8,9)/q+1. The van der Waals surface area contributed by atoms with Crippen molar-refractivity contribution in [2.75, 3.05) is 0 Å². The quantitative estimate of drug-likeness (QED) is 0.539. The number of imidazole rings is 1. The molecule has 1 aromatic rings. The first kappa shape index (κ1) is 9.28. The fraction of sp³-hybridized carbons (Fsp3) is 0.571. The number of aromatic nitrogens is 2. The van der Waals surface area contributed by atoms with Gasteiger partial charge in [0, 0.05) is 16.6 Å². The molecule has 0 amide bonds. The van der Waals surface area contributed by atoms with Gasteiger partial charge in [0.05, 0.1) is 5.92 Å². The number of H-pyrrole nitrogens is 1. The SMILES string of the molecule is CC(C)C(O)([S+]=O)c1ncc[nH]1. The molecule has 1 aromatic heterocycles. The molecule has 4 nitrogen and oxygen atoms in total. The van der Waals surface area contributed by atoms with Crippen LogP contribution in [-0.4, -0.2) is 15.1 Å². The lowest BCUT2D eigenvalue weighted by molar-refractivity contribution is 0.0747. The van der Waals surface area contributed by atoms with Gasteiger partial charge in [-0.15, -0.1) is 0 Å². The van der Waals surface area contributed by atoms with Crippen molar-refractivity contribution in [2.45, 2.75) is 18.8 Å². The molecular weight excluding hydrogens is 176 g/mol. The van der Waals surface area contributed by atoms with Gasteiger partial charge < -0.3 is 10.1 Å². The van der Waals surface area contributed by atoms with Crippen molar-refractivity contribution in [1.82, 2.24) is 9.97 Å². The van der Waals surface area contributed by atoms with Crippen LogP contribution in [0.25, 0.3) is 0 Å². The summed E-state index contributed by atoms with van der Waals surface area (Å²) in [4.78, 5) is 5.14. The van der Waals surface area contributed by atoms with Crippen molar-refractivity contribution >= 4 is 11.7 Å². The third-order valence-electron chi connectivity index (χ3n) is 1.75. The van der Waals surface area contributed by atoms with Crippen LogP contribution in [0.3, 0.4) is 0 Å². The lowest BCUT2D eigenvalue weighted by atomic mass is 10.1. The van der Waals surface area contributed by atoms with E-state index in [2.05, 4.69) is 9.97 Å². The van der Waals surface area contributed by atoms with Gasteiger partial charge in [-0.05, 0) is 0 Å². The Hall–Kier alpha value is -0.810. The second kappa shape index (κ2) is 3.28. The van der Waals surface area contributed by atoms with Gasteiger partial charge in [-0.25, -0.2) is 4.98 Å². The van der Waals surface area contributed by atoms with Gasteiger partial charge in [0.2, 0.25) is 5.82 Å². The van der Waals surface area contributed by atoms with Gasteiger partial charge in [-0.1, -0.05) is 13.8 Å². The van der Waals surface area contributed by atoms with E-state index in [0.29, 0.717) is 5.82 Å². The smallest absolute Gasteiger partial charge is 0.341 e. The molecule has 0 radical (unpaired) electrons. The highest BCUT2D eigenvalue weighted by Crippen LogP contribution is 2.25. The monoisotopic (exact) mass is 187 g/mol. The summed E-state index contributed by atoms with van der Waals surface area (Å²) >= 11 is 0.150. The maximum absolute atomic E-state index is 10.7.